The van der Waals surface area contributed by atoms with E-state index in [-0.39, 0.29) is 12.5 Å². The number of methoxy groups -OCH3 is 1. The Labute approximate surface area is 106 Å². The highest BCUT2D eigenvalue weighted by molar-refractivity contribution is 5.93. The topological polar surface area (TPSA) is 59.8 Å². The predicted molar refractivity (Wildman–Crippen MR) is 66.7 cm³/mol. The smallest absolute Gasteiger partial charge is 0.325 e. The number of amides is 1. The first kappa shape index (κ1) is 14.0. The van der Waals surface area contributed by atoms with Crippen molar-refractivity contribution in [1.29, 1.82) is 0 Å². The monoisotopic (exact) mass is 251 g/mol. The number of aryl methyl sites for hydroxylation is 1. The minimum Gasteiger partial charge on any atom is -0.468 e. The van der Waals surface area contributed by atoms with Gasteiger partial charge in [-0.3, -0.25) is 9.59 Å². The van der Waals surface area contributed by atoms with Gasteiger partial charge in [-0.05, 0) is 32.1 Å². The average Bonchev–Trinajstić information content (AvgIpc) is 2.78. The molecule has 1 rings (SSSR count). The quantitative estimate of drug-likeness (QED) is 0.589. The molecule has 0 spiro atoms. The molecule has 98 valence electrons. The standard InChI is InChI=1S/C13H17NO4/c1-4-14(9-13(16)17-3)12(15)8-7-11-6-5-10(2)18-11/h5-8H,4,9H2,1-3H3. The SMILES string of the molecule is CCN(CC(=O)OC)C(=O)C=Cc1ccc(C)o1. The van der Waals surface area contributed by atoms with Crippen LogP contribution in [-0.4, -0.2) is 37.0 Å². The Kier molecular flexibility index (Phi) is 5.17. The van der Waals surface area contributed by atoms with E-state index >= 15 is 0 Å². The molecular formula is C13H17NO4. The molecule has 0 fully saturated rings. The van der Waals surface area contributed by atoms with Crippen LogP contribution in [0, 0.1) is 6.92 Å². The third-order valence-corrected chi connectivity index (χ3v) is 2.39. The van der Waals surface area contributed by atoms with Crippen molar-refractivity contribution in [2.45, 2.75) is 13.8 Å². The first-order chi connectivity index (χ1) is 8.56. The number of furan rings is 1. The molecule has 0 aromatic carbocycles. The predicted octanol–water partition coefficient (Wildman–Crippen LogP) is 1.62. The summed E-state index contributed by atoms with van der Waals surface area (Å²) in [5, 5.41) is 0. The van der Waals surface area contributed by atoms with Crippen LogP contribution in [-0.2, 0) is 14.3 Å². The molecular weight excluding hydrogens is 234 g/mol. The molecule has 0 saturated carbocycles. The number of ether oxygens (including phenoxy) is 1. The molecule has 0 aliphatic heterocycles. The molecule has 0 bridgehead atoms. The molecule has 5 nitrogen and oxygen atoms in total. The average molecular weight is 251 g/mol. The molecule has 1 amide bonds. The second-order valence-corrected chi connectivity index (χ2v) is 3.71. The number of hydrogen-bond donors (Lipinski definition) is 0. The summed E-state index contributed by atoms with van der Waals surface area (Å²) < 4.78 is 9.82. The number of carbonyl (C=O) groups excluding carboxylic acids is 2. The van der Waals surface area contributed by atoms with Gasteiger partial charge in [0.25, 0.3) is 0 Å². The normalized spacial score (nSPS) is 10.6. The highest BCUT2D eigenvalue weighted by atomic mass is 16.5. The van der Waals surface area contributed by atoms with Crippen molar-refractivity contribution in [2.24, 2.45) is 0 Å². The zero-order chi connectivity index (χ0) is 13.5. The first-order valence-corrected chi connectivity index (χ1v) is 5.67. The summed E-state index contributed by atoms with van der Waals surface area (Å²) in [5.74, 6) is 0.698. The molecule has 0 N–H and O–H groups in total. The molecule has 0 saturated heterocycles. The molecule has 5 heteroatoms. The maximum atomic E-state index is 11.8. The van der Waals surface area contributed by atoms with Crippen LogP contribution in [0.4, 0.5) is 0 Å². The second-order valence-electron chi connectivity index (χ2n) is 3.71. The molecule has 1 heterocycles. The summed E-state index contributed by atoms with van der Waals surface area (Å²) in [4.78, 5) is 24.3. The van der Waals surface area contributed by atoms with E-state index in [4.69, 9.17) is 4.42 Å². The number of esters is 1. The van der Waals surface area contributed by atoms with Crippen LogP contribution in [0.2, 0.25) is 0 Å². The second kappa shape index (κ2) is 6.64. The van der Waals surface area contributed by atoms with Crippen molar-refractivity contribution in [1.82, 2.24) is 4.90 Å². The summed E-state index contributed by atoms with van der Waals surface area (Å²) in [5.41, 5.74) is 0. The van der Waals surface area contributed by atoms with Gasteiger partial charge in [0.15, 0.2) is 0 Å². The van der Waals surface area contributed by atoms with E-state index in [1.54, 1.807) is 19.1 Å². The molecule has 0 atom stereocenters. The van der Waals surface area contributed by atoms with Gasteiger partial charge in [-0.1, -0.05) is 0 Å². The van der Waals surface area contributed by atoms with Gasteiger partial charge in [-0.2, -0.15) is 0 Å². The number of rotatable bonds is 5. The van der Waals surface area contributed by atoms with Crippen molar-refractivity contribution in [3.05, 3.63) is 29.7 Å². The number of hydrogen-bond acceptors (Lipinski definition) is 4. The van der Waals surface area contributed by atoms with Gasteiger partial charge < -0.3 is 14.1 Å². The van der Waals surface area contributed by atoms with Gasteiger partial charge in [0.1, 0.15) is 18.1 Å². The Balaban J connectivity index is 2.62. The van der Waals surface area contributed by atoms with Gasteiger partial charge in [0, 0.05) is 12.6 Å². The lowest BCUT2D eigenvalue weighted by Crippen LogP contribution is -2.34. The van der Waals surface area contributed by atoms with Crippen LogP contribution in [0.5, 0.6) is 0 Å². The Morgan fingerprint density at radius 1 is 1.44 bits per heavy atom. The molecule has 0 aliphatic rings. The minimum absolute atomic E-state index is 0.0483. The third kappa shape index (κ3) is 4.08. The molecule has 1 aromatic heterocycles. The van der Waals surface area contributed by atoms with E-state index in [2.05, 4.69) is 4.74 Å². The van der Waals surface area contributed by atoms with Gasteiger partial charge in [0.05, 0.1) is 7.11 Å². The largest absolute Gasteiger partial charge is 0.468 e. The van der Waals surface area contributed by atoms with E-state index in [1.165, 1.54) is 18.1 Å². The number of carbonyl (C=O) groups is 2. The van der Waals surface area contributed by atoms with E-state index < -0.39 is 5.97 Å². The zero-order valence-corrected chi connectivity index (χ0v) is 10.8. The molecule has 0 aliphatic carbocycles. The molecule has 1 aromatic rings. The van der Waals surface area contributed by atoms with E-state index in [0.29, 0.717) is 12.3 Å². The fourth-order valence-corrected chi connectivity index (χ4v) is 1.37. The van der Waals surface area contributed by atoms with E-state index in [1.807, 2.05) is 13.0 Å². The van der Waals surface area contributed by atoms with E-state index in [0.717, 1.165) is 5.76 Å². The van der Waals surface area contributed by atoms with E-state index in [9.17, 15) is 9.59 Å². The number of nitrogens with zero attached hydrogens (tertiary/aromatic N) is 1. The summed E-state index contributed by atoms with van der Waals surface area (Å²) in [6.07, 6.45) is 2.96. The molecule has 0 unspecified atom stereocenters. The summed E-state index contributed by atoms with van der Waals surface area (Å²) in [7, 11) is 1.29. The third-order valence-electron chi connectivity index (χ3n) is 2.39. The highest BCUT2D eigenvalue weighted by Gasteiger charge is 2.13. The van der Waals surface area contributed by atoms with Gasteiger partial charge in [-0.25, -0.2) is 0 Å². The summed E-state index contributed by atoms with van der Waals surface area (Å²) in [6.45, 7) is 4.02. The van der Waals surface area contributed by atoms with Crippen LogP contribution in [0.15, 0.2) is 22.6 Å². The Morgan fingerprint density at radius 2 is 2.17 bits per heavy atom. The lowest BCUT2D eigenvalue weighted by Gasteiger charge is -2.16. The summed E-state index contributed by atoms with van der Waals surface area (Å²) >= 11 is 0. The van der Waals surface area contributed by atoms with Crippen molar-refractivity contribution >= 4 is 18.0 Å². The van der Waals surface area contributed by atoms with Crippen molar-refractivity contribution in [3.8, 4) is 0 Å². The Bertz CT molecular complexity index is 448. The van der Waals surface area contributed by atoms with Gasteiger partial charge >= 0.3 is 5.97 Å². The maximum absolute atomic E-state index is 11.8. The molecule has 18 heavy (non-hydrogen) atoms. The van der Waals surface area contributed by atoms with Crippen molar-refractivity contribution < 1.29 is 18.7 Å². The Morgan fingerprint density at radius 3 is 2.67 bits per heavy atom. The fourth-order valence-electron chi connectivity index (χ4n) is 1.37. The maximum Gasteiger partial charge on any atom is 0.325 e. The Hall–Kier alpha value is -2.04. The minimum atomic E-state index is -0.438. The van der Waals surface area contributed by atoms with Gasteiger partial charge in [0.2, 0.25) is 5.91 Å². The van der Waals surface area contributed by atoms with Crippen LogP contribution in [0.3, 0.4) is 0 Å². The molecule has 0 radical (unpaired) electrons. The lowest BCUT2D eigenvalue weighted by atomic mass is 10.3. The number of likely N-dealkylation sites (N-methyl/N-ethyl adjacent to an activating group) is 1. The zero-order valence-electron chi connectivity index (χ0n) is 10.8. The van der Waals surface area contributed by atoms with Crippen LogP contribution < -0.4 is 0 Å². The van der Waals surface area contributed by atoms with Gasteiger partial charge in [-0.15, -0.1) is 0 Å². The fraction of sp³-hybridized carbons (Fsp3) is 0.385. The van der Waals surface area contributed by atoms with Crippen LogP contribution in [0.1, 0.15) is 18.4 Å². The lowest BCUT2D eigenvalue weighted by molar-refractivity contribution is -0.145. The first-order valence-electron chi connectivity index (χ1n) is 5.67. The summed E-state index contributed by atoms with van der Waals surface area (Å²) in [6, 6.07) is 3.59. The van der Waals surface area contributed by atoms with Crippen LogP contribution in [0.25, 0.3) is 6.08 Å². The highest BCUT2D eigenvalue weighted by Crippen LogP contribution is 2.08. The van der Waals surface area contributed by atoms with Crippen molar-refractivity contribution in [2.75, 3.05) is 20.2 Å². The van der Waals surface area contributed by atoms with Crippen LogP contribution >= 0.6 is 0 Å². The van der Waals surface area contributed by atoms with Crippen molar-refractivity contribution in [3.63, 3.8) is 0 Å².